The van der Waals surface area contributed by atoms with Crippen LogP contribution in [0.3, 0.4) is 0 Å². The lowest BCUT2D eigenvalue weighted by molar-refractivity contribution is -0.181. The fraction of sp³-hybridized carbons (Fsp3) is 0.611. The van der Waals surface area contributed by atoms with Gasteiger partial charge in [0.05, 0.1) is 0 Å². The molecule has 0 bridgehead atoms. The van der Waals surface area contributed by atoms with Gasteiger partial charge < -0.3 is 10.2 Å². The molecule has 27 heavy (non-hydrogen) atoms. The molecule has 1 aliphatic rings. The predicted octanol–water partition coefficient (Wildman–Crippen LogP) is 3.52. The Morgan fingerprint density at radius 2 is 1.74 bits per heavy atom. The molecule has 2 rings (SSSR count). The van der Waals surface area contributed by atoms with Gasteiger partial charge in [0.2, 0.25) is 0 Å². The highest BCUT2D eigenvalue weighted by Crippen LogP contribution is 2.25. The maximum Gasteiger partial charge on any atom is 0.403 e. The van der Waals surface area contributed by atoms with E-state index < -0.39 is 12.2 Å². The number of benzene rings is 1. The molecular formula is C18H27F4IN4. The van der Waals surface area contributed by atoms with Gasteiger partial charge in [0, 0.05) is 39.3 Å². The number of hydrogen-bond donors (Lipinski definition) is 1. The van der Waals surface area contributed by atoms with Crippen LogP contribution in [0.4, 0.5) is 17.6 Å². The van der Waals surface area contributed by atoms with Gasteiger partial charge in [-0.05, 0) is 38.0 Å². The van der Waals surface area contributed by atoms with Gasteiger partial charge >= 0.3 is 6.18 Å². The normalized spacial score (nSPS) is 17.4. The van der Waals surface area contributed by atoms with E-state index in [1.54, 1.807) is 12.1 Å². The van der Waals surface area contributed by atoms with Crippen molar-refractivity contribution in [1.82, 2.24) is 15.1 Å². The van der Waals surface area contributed by atoms with Crippen molar-refractivity contribution in [2.75, 3.05) is 39.3 Å². The summed E-state index contributed by atoms with van der Waals surface area (Å²) in [5, 5.41) is 3.20. The summed E-state index contributed by atoms with van der Waals surface area (Å²) >= 11 is 0. The van der Waals surface area contributed by atoms with E-state index in [0.717, 1.165) is 5.56 Å². The predicted molar refractivity (Wildman–Crippen MR) is 110 cm³/mol. The Bertz CT molecular complexity index is 584. The minimum atomic E-state index is -4.20. The summed E-state index contributed by atoms with van der Waals surface area (Å²) in [5.74, 6) is 0.450. The maximum atomic E-state index is 12.9. The molecule has 1 heterocycles. The molecule has 1 saturated heterocycles. The highest BCUT2D eigenvalue weighted by Gasteiger charge is 2.41. The highest BCUT2D eigenvalue weighted by molar-refractivity contribution is 14.0. The molecule has 0 aliphatic carbocycles. The van der Waals surface area contributed by atoms with Crippen LogP contribution in [-0.4, -0.2) is 67.2 Å². The summed E-state index contributed by atoms with van der Waals surface area (Å²) in [5.41, 5.74) is 0.995. The van der Waals surface area contributed by atoms with Crippen LogP contribution in [0.25, 0.3) is 0 Å². The second-order valence-corrected chi connectivity index (χ2v) is 6.35. The van der Waals surface area contributed by atoms with Gasteiger partial charge in [0.15, 0.2) is 5.96 Å². The summed E-state index contributed by atoms with van der Waals surface area (Å²) in [7, 11) is 0. The monoisotopic (exact) mass is 502 g/mol. The topological polar surface area (TPSA) is 30.9 Å². The molecule has 1 aliphatic heterocycles. The molecular weight excluding hydrogens is 475 g/mol. The maximum absolute atomic E-state index is 12.9. The van der Waals surface area contributed by atoms with Gasteiger partial charge in [-0.15, -0.1) is 24.0 Å². The lowest BCUT2D eigenvalue weighted by atomic mass is 10.1. The van der Waals surface area contributed by atoms with Crippen molar-refractivity contribution in [2.45, 2.75) is 32.5 Å². The van der Waals surface area contributed by atoms with Crippen molar-refractivity contribution in [3.8, 4) is 0 Å². The van der Waals surface area contributed by atoms with E-state index in [4.69, 9.17) is 0 Å². The molecule has 0 radical (unpaired) electrons. The van der Waals surface area contributed by atoms with Crippen LogP contribution in [0, 0.1) is 5.82 Å². The first-order valence-corrected chi connectivity index (χ1v) is 8.89. The van der Waals surface area contributed by atoms with Gasteiger partial charge in [0.25, 0.3) is 0 Å². The number of hydrogen-bond acceptors (Lipinski definition) is 2. The van der Waals surface area contributed by atoms with Crippen molar-refractivity contribution in [3.63, 3.8) is 0 Å². The van der Waals surface area contributed by atoms with E-state index in [1.807, 2.05) is 11.8 Å². The third-order valence-corrected chi connectivity index (χ3v) is 4.55. The zero-order chi connectivity index (χ0) is 19.2. The van der Waals surface area contributed by atoms with Crippen molar-refractivity contribution in [1.29, 1.82) is 0 Å². The van der Waals surface area contributed by atoms with Crippen LogP contribution < -0.4 is 5.32 Å². The number of rotatable bonds is 5. The van der Waals surface area contributed by atoms with Crippen LogP contribution in [0.15, 0.2) is 29.3 Å². The zero-order valence-electron chi connectivity index (χ0n) is 15.6. The van der Waals surface area contributed by atoms with Crippen LogP contribution in [-0.2, 0) is 6.42 Å². The van der Waals surface area contributed by atoms with E-state index in [1.165, 1.54) is 24.0 Å². The second-order valence-electron chi connectivity index (χ2n) is 6.35. The Kier molecular flexibility index (Phi) is 9.78. The van der Waals surface area contributed by atoms with E-state index in [9.17, 15) is 17.6 Å². The Morgan fingerprint density at radius 1 is 1.15 bits per heavy atom. The molecule has 0 aromatic heterocycles. The van der Waals surface area contributed by atoms with Gasteiger partial charge in [-0.25, -0.2) is 4.39 Å². The lowest BCUT2D eigenvalue weighted by Gasteiger charge is -2.39. The van der Waals surface area contributed by atoms with Gasteiger partial charge in [-0.1, -0.05) is 12.1 Å². The minimum Gasteiger partial charge on any atom is -0.357 e. The molecule has 9 heteroatoms. The molecule has 4 nitrogen and oxygen atoms in total. The quantitative estimate of drug-likeness (QED) is 0.290. The van der Waals surface area contributed by atoms with E-state index in [0.29, 0.717) is 51.6 Å². The SMILES string of the molecule is CCNC(=NCCc1ccc(F)cc1)N1CCN(C(C)C(F)(F)F)CC1.I. The first-order valence-electron chi connectivity index (χ1n) is 8.89. The Balaban J connectivity index is 0.00000364. The first-order chi connectivity index (χ1) is 12.3. The third-order valence-electron chi connectivity index (χ3n) is 4.55. The molecule has 0 saturated carbocycles. The molecule has 1 aromatic rings. The summed E-state index contributed by atoms with van der Waals surface area (Å²) < 4.78 is 51.5. The highest BCUT2D eigenvalue weighted by atomic mass is 127. The van der Waals surface area contributed by atoms with Gasteiger partial charge in [0.1, 0.15) is 11.9 Å². The van der Waals surface area contributed by atoms with Crippen LogP contribution in [0.2, 0.25) is 0 Å². The standard InChI is InChI=1S/C18H26F4N4.HI/c1-3-23-17(24-9-8-15-4-6-16(19)7-5-15)26-12-10-25(11-13-26)14(2)18(20,21)22;/h4-7,14H,3,8-13H2,1-2H3,(H,23,24);1H. The van der Waals surface area contributed by atoms with E-state index in [2.05, 4.69) is 10.3 Å². The molecule has 0 amide bonds. The Morgan fingerprint density at radius 3 is 2.26 bits per heavy atom. The van der Waals surface area contributed by atoms with Crippen LogP contribution in [0.5, 0.6) is 0 Å². The van der Waals surface area contributed by atoms with Crippen LogP contribution in [0.1, 0.15) is 19.4 Å². The third kappa shape index (κ3) is 7.44. The molecule has 0 spiro atoms. The lowest BCUT2D eigenvalue weighted by Crippen LogP contribution is -2.56. The molecule has 154 valence electrons. The van der Waals surface area contributed by atoms with E-state index in [-0.39, 0.29) is 29.8 Å². The zero-order valence-corrected chi connectivity index (χ0v) is 17.9. The number of nitrogens with zero attached hydrogens (tertiary/aromatic N) is 3. The smallest absolute Gasteiger partial charge is 0.357 e. The van der Waals surface area contributed by atoms with Crippen molar-refractivity contribution >= 4 is 29.9 Å². The number of aliphatic imine (C=N–C) groups is 1. The number of halogens is 5. The summed E-state index contributed by atoms with van der Waals surface area (Å²) in [6, 6.07) is 4.88. The fourth-order valence-corrected chi connectivity index (χ4v) is 2.90. The molecule has 1 atom stereocenters. The number of piperazine rings is 1. The van der Waals surface area contributed by atoms with Gasteiger partial charge in [-0.2, -0.15) is 13.2 Å². The van der Waals surface area contributed by atoms with Gasteiger partial charge in [-0.3, -0.25) is 9.89 Å². The van der Waals surface area contributed by atoms with Crippen molar-refractivity contribution in [3.05, 3.63) is 35.6 Å². The number of alkyl halides is 3. The summed E-state index contributed by atoms with van der Waals surface area (Å²) in [6.07, 6.45) is -3.52. The van der Waals surface area contributed by atoms with Crippen molar-refractivity contribution < 1.29 is 17.6 Å². The Labute approximate surface area is 175 Å². The molecule has 1 unspecified atom stereocenters. The first kappa shape index (κ1) is 23.9. The average Bonchev–Trinajstić information content (AvgIpc) is 2.61. The minimum absolute atomic E-state index is 0. The largest absolute Gasteiger partial charge is 0.403 e. The summed E-state index contributed by atoms with van der Waals surface area (Å²) in [4.78, 5) is 8.02. The second kappa shape index (κ2) is 11.0. The molecule has 1 aromatic carbocycles. The number of guanidine groups is 1. The summed E-state index contributed by atoms with van der Waals surface area (Å²) in [6.45, 7) is 6.09. The van der Waals surface area contributed by atoms with E-state index >= 15 is 0 Å². The van der Waals surface area contributed by atoms with Crippen molar-refractivity contribution in [2.24, 2.45) is 4.99 Å². The molecule has 1 fully saturated rings. The fourth-order valence-electron chi connectivity index (χ4n) is 2.90. The Hall–Kier alpha value is -1.10. The molecule has 1 N–H and O–H groups in total. The van der Waals surface area contributed by atoms with Crippen LogP contribution >= 0.6 is 24.0 Å². The number of nitrogens with one attached hydrogen (secondary N) is 1. The average molecular weight is 502 g/mol.